The van der Waals surface area contributed by atoms with Crippen molar-refractivity contribution in [1.29, 1.82) is 0 Å². The maximum atomic E-state index is 5.79. The highest BCUT2D eigenvalue weighted by Gasteiger charge is 2.14. The highest BCUT2D eigenvalue weighted by molar-refractivity contribution is 7.41. The Morgan fingerprint density at radius 1 is 0.815 bits per heavy atom. The third-order valence-electron chi connectivity index (χ3n) is 3.89. The fourth-order valence-electron chi connectivity index (χ4n) is 2.70. The van der Waals surface area contributed by atoms with Crippen molar-refractivity contribution in [3.63, 3.8) is 0 Å². The van der Waals surface area contributed by atoms with Crippen LogP contribution >= 0.6 is 8.60 Å². The lowest BCUT2D eigenvalue weighted by Gasteiger charge is -2.15. The molecule has 0 atom stereocenters. The van der Waals surface area contributed by atoms with E-state index < -0.39 is 8.60 Å². The van der Waals surface area contributed by atoms with Gasteiger partial charge in [-0.1, -0.05) is 60.7 Å². The average molecular weight is 384 g/mol. The molecule has 0 aliphatic rings. The maximum Gasteiger partial charge on any atom is 0.332 e. The van der Waals surface area contributed by atoms with E-state index in [1.165, 1.54) is 0 Å². The molecule has 0 amide bonds. The van der Waals surface area contributed by atoms with Gasteiger partial charge in [-0.2, -0.15) is 5.10 Å². The van der Waals surface area contributed by atoms with Crippen molar-refractivity contribution in [3.8, 4) is 22.5 Å². The molecule has 0 fully saturated rings. The van der Waals surface area contributed by atoms with E-state index in [1.54, 1.807) is 0 Å². The smallest absolute Gasteiger partial charge is 0.313 e. The summed E-state index contributed by atoms with van der Waals surface area (Å²) in [5.41, 5.74) is 4.24. The number of nitrogens with zero attached hydrogens (tertiary/aromatic N) is 2. The van der Waals surface area contributed by atoms with Crippen molar-refractivity contribution in [2.75, 3.05) is 19.8 Å². The van der Waals surface area contributed by atoms with Crippen LogP contribution in [0.25, 0.3) is 22.5 Å². The van der Waals surface area contributed by atoms with Crippen molar-refractivity contribution >= 4 is 8.60 Å². The summed E-state index contributed by atoms with van der Waals surface area (Å²) >= 11 is 0. The predicted octanol–water partition coefficient (Wildman–Crippen LogP) is 5.53. The Hall–Kier alpha value is -2.04. The maximum absolute atomic E-state index is 5.79. The third kappa shape index (κ3) is 5.47. The minimum Gasteiger partial charge on any atom is -0.313 e. The lowest BCUT2D eigenvalue weighted by molar-refractivity contribution is 0.165. The van der Waals surface area contributed by atoms with Crippen molar-refractivity contribution < 1.29 is 13.6 Å². The van der Waals surface area contributed by atoms with E-state index in [4.69, 9.17) is 18.7 Å². The molecule has 0 bridgehead atoms. The Kier molecular flexibility index (Phi) is 7.55. The van der Waals surface area contributed by atoms with Gasteiger partial charge in [0.2, 0.25) is 0 Å². The number of rotatable bonds is 10. The SMILES string of the molecule is CCOP(OCC)OCCn1nc(-c2ccccc2)cc1-c1ccccc1. The summed E-state index contributed by atoms with van der Waals surface area (Å²) in [6, 6.07) is 22.6. The number of hydrogen-bond donors (Lipinski definition) is 0. The molecule has 0 aliphatic heterocycles. The molecule has 0 unspecified atom stereocenters. The monoisotopic (exact) mass is 384 g/mol. The summed E-state index contributed by atoms with van der Waals surface area (Å²) in [5, 5.41) is 4.81. The highest BCUT2D eigenvalue weighted by Crippen LogP contribution is 2.39. The molecule has 2 aromatic carbocycles. The van der Waals surface area contributed by atoms with Gasteiger partial charge < -0.3 is 13.6 Å². The van der Waals surface area contributed by atoms with Crippen LogP contribution in [-0.2, 0) is 20.1 Å². The standard InChI is InChI=1S/C21H25N2O3P/c1-3-24-27(25-4-2)26-16-15-23-21(19-13-9-6-10-14-19)17-20(22-23)18-11-7-5-8-12-18/h5-14,17H,3-4,15-16H2,1-2H3. The molecule has 3 rings (SSSR count). The van der Waals surface area contributed by atoms with Crippen LogP contribution < -0.4 is 0 Å². The molecule has 6 heteroatoms. The molecule has 1 heterocycles. The van der Waals surface area contributed by atoms with Crippen molar-refractivity contribution in [2.24, 2.45) is 0 Å². The van der Waals surface area contributed by atoms with Gasteiger partial charge in [-0.05, 0) is 25.5 Å². The summed E-state index contributed by atoms with van der Waals surface area (Å²) in [6.45, 7) is 6.11. The van der Waals surface area contributed by atoms with E-state index in [1.807, 2.05) is 54.9 Å². The van der Waals surface area contributed by atoms with E-state index in [0.29, 0.717) is 26.4 Å². The van der Waals surface area contributed by atoms with Crippen LogP contribution in [0.15, 0.2) is 66.7 Å². The number of benzene rings is 2. The first-order valence-electron chi connectivity index (χ1n) is 9.19. The topological polar surface area (TPSA) is 45.5 Å². The molecule has 0 saturated heterocycles. The van der Waals surface area contributed by atoms with Gasteiger partial charge in [0, 0.05) is 5.56 Å². The molecule has 5 nitrogen and oxygen atoms in total. The van der Waals surface area contributed by atoms with Gasteiger partial charge in [-0.25, -0.2) is 0 Å². The summed E-state index contributed by atoms with van der Waals surface area (Å²) in [7, 11) is -1.30. The van der Waals surface area contributed by atoms with Crippen molar-refractivity contribution in [3.05, 3.63) is 66.7 Å². The van der Waals surface area contributed by atoms with Crippen LogP contribution in [-0.4, -0.2) is 29.6 Å². The lowest BCUT2D eigenvalue weighted by atomic mass is 10.1. The summed E-state index contributed by atoms with van der Waals surface area (Å²) in [6.07, 6.45) is 0. The second-order valence-corrected chi connectivity index (χ2v) is 6.98. The zero-order valence-corrected chi connectivity index (χ0v) is 16.6. The van der Waals surface area contributed by atoms with E-state index in [9.17, 15) is 0 Å². The van der Waals surface area contributed by atoms with Gasteiger partial charge in [0.25, 0.3) is 0 Å². The molecule has 1 aromatic heterocycles. The molecular weight excluding hydrogens is 359 g/mol. The van der Waals surface area contributed by atoms with E-state index >= 15 is 0 Å². The minimum atomic E-state index is -1.30. The van der Waals surface area contributed by atoms with Gasteiger partial charge >= 0.3 is 8.60 Å². The molecule has 3 aromatic rings. The zero-order valence-electron chi connectivity index (χ0n) is 15.7. The van der Waals surface area contributed by atoms with Gasteiger partial charge in [0.1, 0.15) is 0 Å². The van der Waals surface area contributed by atoms with Gasteiger partial charge in [-0.15, -0.1) is 0 Å². The Bertz CT molecular complexity index is 803. The van der Waals surface area contributed by atoms with Gasteiger partial charge in [0.05, 0.1) is 37.8 Å². The Balaban J connectivity index is 1.79. The molecule has 142 valence electrons. The van der Waals surface area contributed by atoms with Crippen LogP contribution in [0.3, 0.4) is 0 Å². The molecule has 0 N–H and O–H groups in total. The molecule has 27 heavy (non-hydrogen) atoms. The van der Waals surface area contributed by atoms with Crippen LogP contribution in [0, 0.1) is 0 Å². The van der Waals surface area contributed by atoms with Crippen molar-refractivity contribution in [2.45, 2.75) is 20.4 Å². The summed E-state index contributed by atoms with van der Waals surface area (Å²) in [4.78, 5) is 0. The van der Waals surface area contributed by atoms with Gasteiger partial charge in [0.15, 0.2) is 0 Å². The van der Waals surface area contributed by atoms with Crippen LogP contribution in [0.4, 0.5) is 0 Å². The normalized spacial score (nSPS) is 11.2. The van der Waals surface area contributed by atoms with Crippen LogP contribution in [0.1, 0.15) is 13.8 Å². The lowest BCUT2D eigenvalue weighted by Crippen LogP contribution is -2.08. The number of hydrogen-bond acceptors (Lipinski definition) is 4. The van der Waals surface area contributed by atoms with Crippen LogP contribution in [0.2, 0.25) is 0 Å². The number of aromatic nitrogens is 2. The molecule has 0 radical (unpaired) electrons. The Morgan fingerprint density at radius 3 is 2.00 bits per heavy atom. The first-order valence-corrected chi connectivity index (χ1v) is 10.3. The Labute approximate surface area is 161 Å². The largest absolute Gasteiger partial charge is 0.332 e. The quantitative estimate of drug-likeness (QED) is 0.431. The fraction of sp³-hybridized carbons (Fsp3) is 0.286. The van der Waals surface area contributed by atoms with E-state index in [0.717, 1.165) is 22.5 Å². The second kappa shape index (κ2) is 10.3. The average Bonchev–Trinajstić information content (AvgIpc) is 3.14. The van der Waals surface area contributed by atoms with Gasteiger partial charge in [-0.3, -0.25) is 4.68 Å². The highest BCUT2D eigenvalue weighted by atomic mass is 31.2. The summed E-state index contributed by atoms with van der Waals surface area (Å²) in [5.74, 6) is 0. The first-order chi connectivity index (χ1) is 13.3. The van der Waals surface area contributed by atoms with E-state index in [-0.39, 0.29) is 0 Å². The first kappa shape index (κ1) is 19.7. The Morgan fingerprint density at radius 2 is 1.41 bits per heavy atom. The molecular formula is C21H25N2O3P. The third-order valence-corrected chi connectivity index (χ3v) is 5.22. The summed E-state index contributed by atoms with van der Waals surface area (Å²) < 4.78 is 18.8. The van der Waals surface area contributed by atoms with Crippen molar-refractivity contribution in [1.82, 2.24) is 9.78 Å². The van der Waals surface area contributed by atoms with E-state index in [2.05, 4.69) is 30.3 Å². The molecule has 0 aliphatic carbocycles. The fourth-order valence-corrected chi connectivity index (χ4v) is 3.58. The predicted molar refractivity (Wildman–Crippen MR) is 109 cm³/mol. The molecule has 0 saturated carbocycles. The second-order valence-electron chi connectivity index (χ2n) is 5.76. The molecule has 0 spiro atoms. The zero-order chi connectivity index (χ0) is 18.9. The minimum absolute atomic E-state index is 0.474. The van der Waals surface area contributed by atoms with Crippen LogP contribution in [0.5, 0.6) is 0 Å².